The minimum Gasteiger partial charge on any atom is -0.465 e. The van der Waals surface area contributed by atoms with E-state index in [4.69, 9.17) is 16.0 Å². The summed E-state index contributed by atoms with van der Waals surface area (Å²) in [6.45, 7) is 1.92. The maximum Gasteiger partial charge on any atom is 0.256 e. The first-order valence-electron chi connectivity index (χ1n) is 7.51. The van der Waals surface area contributed by atoms with E-state index in [0.717, 1.165) is 11.1 Å². The fourth-order valence-electron chi connectivity index (χ4n) is 2.28. The van der Waals surface area contributed by atoms with Crippen LogP contribution in [0.2, 0.25) is 5.02 Å². The van der Waals surface area contributed by atoms with Gasteiger partial charge in [0.15, 0.2) is 0 Å². The largest absolute Gasteiger partial charge is 0.465 e. The van der Waals surface area contributed by atoms with Crippen molar-refractivity contribution in [2.24, 2.45) is 0 Å². The van der Waals surface area contributed by atoms with Gasteiger partial charge in [0, 0.05) is 10.7 Å². The summed E-state index contributed by atoms with van der Waals surface area (Å²) in [6.07, 6.45) is 3.30. The molecule has 120 valence electrons. The van der Waals surface area contributed by atoms with Crippen LogP contribution >= 0.6 is 11.6 Å². The van der Waals surface area contributed by atoms with Gasteiger partial charge in [0.2, 0.25) is 0 Å². The average molecular weight is 338 g/mol. The monoisotopic (exact) mass is 337 g/mol. The molecule has 0 aliphatic carbocycles. The van der Waals surface area contributed by atoms with Crippen molar-refractivity contribution in [3.63, 3.8) is 0 Å². The van der Waals surface area contributed by atoms with Gasteiger partial charge in [-0.1, -0.05) is 48.0 Å². The fraction of sp³-hybridized carbons (Fsp3) is 0.0500. The van der Waals surface area contributed by atoms with E-state index in [-0.39, 0.29) is 5.91 Å². The van der Waals surface area contributed by atoms with E-state index in [1.54, 1.807) is 30.5 Å². The summed E-state index contributed by atoms with van der Waals surface area (Å²) in [6, 6.07) is 18.5. The molecule has 0 spiro atoms. The Hall–Kier alpha value is -2.78. The lowest BCUT2D eigenvalue weighted by molar-refractivity contribution is -0.111. The second kappa shape index (κ2) is 7.20. The molecule has 0 bridgehead atoms. The molecule has 3 rings (SSSR count). The molecule has 1 amide bonds. The Morgan fingerprint density at radius 3 is 2.54 bits per heavy atom. The van der Waals surface area contributed by atoms with Gasteiger partial charge in [-0.3, -0.25) is 4.79 Å². The van der Waals surface area contributed by atoms with Crippen LogP contribution in [0.1, 0.15) is 16.9 Å². The summed E-state index contributed by atoms with van der Waals surface area (Å²) in [5, 5.41) is 3.50. The van der Waals surface area contributed by atoms with Crippen LogP contribution in [0.25, 0.3) is 11.6 Å². The second-order valence-electron chi connectivity index (χ2n) is 5.36. The lowest BCUT2D eigenvalue weighted by atomic mass is 10.0. The van der Waals surface area contributed by atoms with Crippen LogP contribution in [-0.2, 0) is 4.79 Å². The summed E-state index contributed by atoms with van der Waals surface area (Å²) in [5.74, 6) is 0.392. The lowest BCUT2D eigenvalue weighted by Gasteiger charge is -2.10. The molecule has 0 radical (unpaired) electrons. The van der Waals surface area contributed by atoms with Gasteiger partial charge in [0.25, 0.3) is 5.91 Å². The number of carbonyl (C=O) groups is 1. The van der Waals surface area contributed by atoms with E-state index < -0.39 is 0 Å². The van der Waals surface area contributed by atoms with Gasteiger partial charge in [0.05, 0.1) is 11.8 Å². The highest BCUT2D eigenvalue weighted by molar-refractivity contribution is 6.32. The van der Waals surface area contributed by atoms with E-state index >= 15 is 0 Å². The van der Waals surface area contributed by atoms with Gasteiger partial charge in [-0.2, -0.15) is 0 Å². The Kier molecular flexibility index (Phi) is 4.82. The molecule has 3 nitrogen and oxygen atoms in total. The standard InChI is InChI=1S/C20H16ClNO2/c1-14-9-10-16(12-19(14)21)22-20(23)18(13-17-8-5-11-24-17)15-6-3-2-4-7-15/h2-13H,1H3,(H,22,23)/b18-13+. The average Bonchev–Trinajstić information content (AvgIpc) is 3.10. The van der Waals surface area contributed by atoms with Crippen molar-refractivity contribution in [3.05, 3.63) is 88.8 Å². The molecule has 0 atom stereocenters. The minimum atomic E-state index is -0.225. The summed E-state index contributed by atoms with van der Waals surface area (Å²) in [7, 11) is 0. The highest BCUT2D eigenvalue weighted by Gasteiger charge is 2.13. The predicted molar refractivity (Wildman–Crippen MR) is 97.8 cm³/mol. The van der Waals surface area contributed by atoms with E-state index in [1.165, 1.54) is 0 Å². The third-order valence-electron chi connectivity index (χ3n) is 3.59. The van der Waals surface area contributed by atoms with Crippen molar-refractivity contribution in [1.29, 1.82) is 0 Å². The number of nitrogens with one attached hydrogen (secondary N) is 1. The van der Waals surface area contributed by atoms with E-state index in [2.05, 4.69) is 5.32 Å². The van der Waals surface area contributed by atoms with Gasteiger partial charge in [-0.05, 0) is 48.4 Å². The quantitative estimate of drug-likeness (QED) is 0.646. The van der Waals surface area contributed by atoms with Crippen LogP contribution in [0.5, 0.6) is 0 Å². The topological polar surface area (TPSA) is 42.2 Å². The molecule has 0 unspecified atom stereocenters. The number of benzene rings is 2. The number of halogens is 1. The van der Waals surface area contributed by atoms with Gasteiger partial charge >= 0.3 is 0 Å². The predicted octanol–water partition coefficient (Wildman–Crippen LogP) is 5.42. The Morgan fingerprint density at radius 1 is 1.08 bits per heavy atom. The molecule has 3 aromatic rings. The number of furan rings is 1. The summed E-state index contributed by atoms with van der Waals surface area (Å²) < 4.78 is 5.34. The Balaban J connectivity index is 1.93. The smallest absolute Gasteiger partial charge is 0.256 e. The number of carbonyl (C=O) groups excluding carboxylic acids is 1. The van der Waals surface area contributed by atoms with Gasteiger partial charge in [-0.25, -0.2) is 0 Å². The van der Waals surface area contributed by atoms with Crippen molar-refractivity contribution in [1.82, 2.24) is 0 Å². The molecule has 1 N–H and O–H groups in total. The first-order valence-corrected chi connectivity index (χ1v) is 7.89. The first kappa shape index (κ1) is 16.1. The number of rotatable bonds is 4. The molecule has 0 saturated carbocycles. The molecule has 4 heteroatoms. The zero-order chi connectivity index (χ0) is 16.9. The Bertz CT molecular complexity index is 868. The molecule has 0 aliphatic heterocycles. The number of hydrogen-bond donors (Lipinski definition) is 1. The zero-order valence-corrected chi connectivity index (χ0v) is 13.9. The molecular weight excluding hydrogens is 322 g/mol. The van der Waals surface area contributed by atoms with Crippen LogP contribution in [0, 0.1) is 6.92 Å². The number of anilines is 1. The Labute approximate surface area is 145 Å². The fourth-order valence-corrected chi connectivity index (χ4v) is 2.46. The highest BCUT2D eigenvalue weighted by atomic mass is 35.5. The SMILES string of the molecule is Cc1ccc(NC(=O)/C(=C/c2ccco2)c2ccccc2)cc1Cl. The maximum absolute atomic E-state index is 12.8. The normalized spacial score (nSPS) is 11.3. The van der Waals surface area contributed by atoms with Crippen molar-refractivity contribution >= 4 is 34.8 Å². The highest BCUT2D eigenvalue weighted by Crippen LogP contribution is 2.23. The molecule has 0 fully saturated rings. The summed E-state index contributed by atoms with van der Waals surface area (Å²) in [4.78, 5) is 12.8. The second-order valence-corrected chi connectivity index (χ2v) is 5.76. The number of amides is 1. The lowest BCUT2D eigenvalue weighted by Crippen LogP contribution is -2.13. The third kappa shape index (κ3) is 3.76. The summed E-state index contributed by atoms with van der Waals surface area (Å²) in [5.41, 5.74) is 2.94. The molecule has 24 heavy (non-hydrogen) atoms. The molecular formula is C20H16ClNO2. The number of aryl methyl sites for hydroxylation is 1. The van der Waals surface area contributed by atoms with Crippen molar-refractivity contribution in [2.75, 3.05) is 5.32 Å². The van der Waals surface area contributed by atoms with Crippen LogP contribution in [0.15, 0.2) is 71.3 Å². The van der Waals surface area contributed by atoms with Crippen LogP contribution < -0.4 is 5.32 Å². The molecule has 0 saturated heterocycles. The van der Waals surface area contributed by atoms with Crippen molar-refractivity contribution in [2.45, 2.75) is 6.92 Å². The summed E-state index contributed by atoms with van der Waals surface area (Å²) >= 11 is 6.13. The molecule has 2 aromatic carbocycles. The zero-order valence-electron chi connectivity index (χ0n) is 13.1. The molecule has 1 heterocycles. The maximum atomic E-state index is 12.8. The van der Waals surface area contributed by atoms with Crippen molar-refractivity contribution in [3.8, 4) is 0 Å². The molecule has 0 aliphatic rings. The van der Waals surface area contributed by atoms with E-state index in [1.807, 2.05) is 49.4 Å². The van der Waals surface area contributed by atoms with Crippen molar-refractivity contribution < 1.29 is 9.21 Å². The van der Waals surface area contributed by atoms with E-state index in [9.17, 15) is 4.79 Å². The minimum absolute atomic E-state index is 0.225. The Morgan fingerprint density at radius 2 is 1.88 bits per heavy atom. The van der Waals surface area contributed by atoms with Crippen LogP contribution in [0.3, 0.4) is 0 Å². The van der Waals surface area contributed by atoms with Gasteiger partial charge < -0.3 is 9.73 Å². The van der Waals surface area contributed by atoms with Crippen LogP contribution in [0.4, 0.5) is 5.69 Å². The van der Waals surface area contributed by atoms with Gasteiger partial charge in [0.1, 0.15) is 5.76 Å². The third-order valence-corrected chi connectivity index (χ3v) is 4.00. The number of hydrogen-bond acceptors (Lipinski definition) is 2. The van der Waals surface area contributed by atoms with Gasteiger partial charge in [-0.15, -0.1) is 0 Å². The molecule has 1 aromatic heterocycles. The van der Waals surface area contributed by atoms with Crippen LogP contribution in [-0.4, -0.2) is 5.91 Å². The first-order chi connectivity index (χ1) is 11.6. The van der Waals surface area contributed by atoms with E-state index in [0.29, 0.717) is 22.0 Å².